The van der Waals surface area contributed by atoms with Crippen molar-refractivity contribution in [2.24, 2.45) is 16.6 Å². The van der Waals surface area contributed by atoms with E-state index >= 15 is 0 Å². The molecule has 0 aliphatic heterocycles. The van der Waals surface area contributed by atoms with Crippen molar-refractivity contribution in [2.45, 2.75) is 79.0 Å². The molecule has 114 valence electrons. The van der Waals surface area contributed by atoms with Gasteiger partial charge in [-0.2, -0.15) is 0 Å². The predicted octanol–water partition coefficient (Wildman–Crippen LogP) is 2.93. The van der Waals surface area contributed by atoms with Gasteiger partial charge in [-0.3, -0.25) is 0 Å². The number of hydrogen-bond acceptors (Lipinski definition) is 3. The molecule has 0 radical (unpaired) electrons. The molecule has 1 aliphatic rings. The summed E-state index contributed by atoms with van der Waals surface area (Å²) in [7, 11) is 0. The van der Waals surface area contributed by atoms with Gasteiger partial charge >= 0.3 is 0 Å². The van der Waals surface area contributed by atoms with Gasteiger partial charge in [0.2, 0.25) is 0 Å². The van der Waals surface area contributed by atoms with E-state index in [1.54, 1.807) is 0 Å². The van der Waals surface area contributed by atoms with Gasteiger partial charge in [0.05, 0.1) is 6.10 Å². The van der Waals surface area contributed by atoms with E-state index in [4.69, 9.17) is 10.5 Å². The summed E-state index contributed by atoms with van der Waals surface area (Å²) in [6, 6.07) is 0.879. The second kappa shape index (κ2) is 6.55. The van der Waals surface area contributed by atoms with Crippen LogP contribution in [0.4, 0.5) is 0 Å². The van der Waals surface area contributed by atoms with Crippen LogP contribution in [0.5, 0.6) is 0 Å². The zero-order chi connectivity index (χ0) is 14.7. The van der Waals surface area contributed by atoms with Crippen LogP contribution in [0, 0.1) is 10.8 Å². The maximum Gasteiger partial charge on any atom is 0.0655 e. The zero-order valence-electron chi connectivity index (χ0n) is 13.8. The van der Waals surface area contributed by atoms with Crippen molar-refractivity contribution < 1.29 is 4.74 Å². The summed E-state index contributed by atoms with van der Waals surface area (Å²) in [5, 5.41) is 3.65. The molecule has 0 aromatic rings. The van der Waals surface area contributed by atoms with E-state index in [1.807, 2.05) is 0 Å². The van der Waals surface area contributed by atoms with Gasteiger partial charge in [-0.15, -0.1) is 0 Å². The molecular formula is C16H34N2O. The van der Waals surface area contributed by atoms with Gasteiger partial charge < -0.3 is 15.8 Å². The first kappa shape index (κ1) is 16.9. The molecule has 0 amide bonds. The topological polar surface area (TPSA) is 47.3 Å². The summed E-state index contributed by atoms with van der Waals surface area (Å²) in [5.74, 6) is 0. The van der Waals surface area contributed by atoms with Gasteiger partial charge in [0.1, 0.15) is 0 Å². The monoisotopic (exact) mass is 270 g/mol. The number of nitrogens with two attached hydrogens (primary N) is 1. The van der Waals surface area contributed by atoms with E-state index in [1.165, 1.54) is 0 Å². The third-order valence-corrected chi connectivity index (χ3v) is 4.33. The smallest absolute Gasteiger partial charge is 0.0655 e. The van der Waals surface area contributed by atoms with E-state index in [9.17, 15) is 0 Å². The van der Waals surface area contributed by atoms with Gasteiger partial charge in [-0.05, 0) is 38.1 Å². The lowest BCUT2D eigenvalue weighted by molar-refractivity contribution is -0.114. The minimum Gasteiger partial charge on any atom is -0.378 e. The average molecular weight is 270 g/mol. The van der Waals surface area contributed by atoms with Crippen molar-refractivity contribution in [1.29, 1.82) is 0 Å². The zero-order valence-corrected chi connectivity index (χ0v) is 13.8. The fraction of sp³-hybridized carbons (Fsp3) is 1.00. The first-order chi connectivity index (χ1) is 8.66. The lowest BCUT2D eigenvalue weighted by atomic mass is 9.64. The lowest BCUT2D eigenvalue weighted by Crippen LogP contribution is -2.61. The van der Waals surface area contributed by atoms with E-state index in [0.29, 0.717) is 23.6 Å². The first-order valence-corrected chi connectivity index (χ1v) is 7.77. The number of rotatable bonds is 7. The third-order valence-electron chi connectivity index (χ3n) is 4.33. The van der Waals surface area contributed by atoms with Crippen LogP contribution in [0.1, 0.15) is 60.8 Å². The largest absolute Gasteiger partial charge is 0.378 e. The molecule has 3 heteroatoms. The standard InChI is InChI=1S/C16H34N2O/c1-7-19-14-10-13(16(14,5)6)18-9-8-12(17)11-15(2,3)4/h12-14,18H,7-11,17H2,1-6H3. The Balaban J connectivity index is 2.21. The molecule has 1 rings (SSSR count). The summed E-state index contributed by atoms with van der Waals surface area (Å²) in [5.41, 5.74) is 6.77. The minimum atomic E-state index is 0.254. The summed E-state index contributed by atoms with van der Waals surface area (Å²) in [6.07, 6.45) is 3.70. The van der Waals surface area contributed by atoms with E-state index in [2.05, 4.69) is 46.9 Å². The van der Waals surface area contributed by atoms with Gasteiger partial charge in [0, 0.05) is 24.1 Å². The van der Waals surface area contributed by atoms with Crippen molar-refractivity contribution in [1.82, 2.24) is 5.32 Å². The van der Waals surface area contributed by atoms with Gasteiger partial charge in [-0.25, -0.2) is 0 Å². The molecule has 3 N–H and O–H groups in total. The molecule has 0 aromatic carbocycles. The molecule has 1 aliphatic carbocycles. The van der Waals surface area contributed by atoms with Crippen molar-refractivity contribution in [2.75, 3.05) is 13.2 Å². The average Bonchev–Trinajstić information content (AvgIpc) is 2.24. The normalized spacial score (nSPS) is 27.9. The summed E-state index contributed by atoms with van der Waals surface area (Å²) in [6.45, 7) is 15.3. The van der Waals surface area contributed by atoms with Gasteiger partial charge in [0.25, 0.3) is 0 Å². The van der Waals surface area contributed by atoms with Gasteiger partial charge in [-0.1, -0.05) is 34.6 Å². The summed E-state index contributed by atoms with van der Waals surface area (Å²) >= 11 is 0. The molecule has 0 heterocycles. The molecule has 1 saturated carbocycles. The molecule has 0 aromatic heterocycles. The molecule has 3 nitrogen and oxygen atoms in total. The van der Waals surface area contributed by atoms with Crippen LogP contribution in [0.3, 0.4) is 0 Å². The van der Waals surface area contributed by atoms with Crippen LogP contribution in [0.2, 0.25) is 0 Å². The predicted molar refractivity (Wildman–Crippen MR) is 82.3 cm³/mol. The lowest BCUT2D eigenvalue weighted by Gasteiger charge is -2.52. The number of ether oxygens (including phenoxy) is 1. The fourth-order valence-electron chi connectivity index (χ4n) is 3.05. The minimum absolute atomic E-state index is 0.254. The van der Waals surface area contributed by atoms with Crippen LogP contribution in [0.25, 0.3) is 0 Å². The molecular weight excluding hydrogens is 236 g/mol. The third kappa shape index (κ3) is 5.05. The van der Waals surface area contributed by atoms with E-state index in [0.717, 1.165) is 32.4 Å². The quantitative estimate of drug-likeness (QED) is 0.748. The van der Waals surface area contributed by atoms with Gasteiger partial charge in [0.15, 0.2) is 0 Å². The SMILES string of the molecule is CCOC1CC(NCCC(N)CC(C)(C)C)C1(C)C. The molecule has 19 heavy (non-hydrogen) atoms. The maximum absolute atomic E-state index is 6.18. The van der Waals surface area contributed by atoms with Crippen molar-refractivity contribution in [3.63, 3.8) is 0 Å². The van der Waals surface area contributed by atoms with Crippen LogP contribution < -0.4 is 11.1 Å². The maximum atomic E-state index is 6.18. The highest BCUT2D eigenvalue weighted by molar-refractivity contribution is 5.02. The van der Waals surface area contributed by atoms with Crippen LogP contribution in [-0.4, -0.2) is 31.3 Å². The van der Waals surface area contributed by atoms with Crippen LogP contribution >= 0.6 is 0 Å². The molecule has 0 bridgehead atoms. The highest BCUT2D eigenvalue weighted by Gasteiger charge is 2.48. The Bertz CT molecular complexity index is 270. The van der Waals surface area contributed by atoms with Crippen LogP contribution in [0.15, 0.2) is 0 Å². The van der Waals surface area contributed by atoms with Crippen LogP contribution in [-0.2, 0) is 4.74 Å². The Hall–Kier alpha value is -0.120. The molecule has 1 fully saturated rings. The molecule has 0 saturated heterocycles. The second-order valence-corrected chi connectivity index (χ2v) is 7.82. The Morgan fingerprint density at radius 1 is 1.37 bits per heavy atom. The Labute approximate surface area is 119 Å². The number of hydrogen-bond donors (Lipinski definition) is 2. The molecule has 3 atom stereocenters. The number of nitrogens with one attached hydrogen (secondary N) is 1. The second-order valence-electron chi connectivity index (χ2n) is 7.82. The highest BCUT2D eigenvalue weighted by Crippen LogP contribution is 2.42. The molecule has 0 spiro atoms. The fourth-order valence-corrected chi connectivity index (χ4v) is 3.05. The highest BCUT2D eigenvalue weighted by atomic mass is 16.5. The Kier molecular flexibility index (Phi) is 5.84. The van der Waals surface area contributed by atoms with E-state index in [-0.39, 0.29) is 5.41 Å². The van der Waals surface area contributed by atoms with Crippen molar-refractivity contribution in [3.8, 4) is 0 Å². The summed E-state index contributed by atoms with van der Waals surface area (Å²) in [4.78, 5) is 0. The van der Waals surface area contributed by atoms with Crippen molar-refractivity contribution >= 4 is 0 Å². The van der Waals surface area contributed by atoms with E-state index < -0.39 is 0 Å². The van der Waals surface area contributed by atoms with Crippen molar-refractivity contribution in [3.05, 3.63) is 0 Å². The Morgan fingerprint density at radius 3 is 2.47 bits per heavy atom. The first-order valence-electron chi connectivity index (χ1n) is 7.77. The molecule has 3 unspecified atom stereocenters. The Morgan fingerprint density at radius 2 is 2.00 bits per heavy atom. The summed E-state index contributed by atoms with van der Waals surface area (Å²) < 4.78 is 5.75.